The lowest BCUT2D eigenvalue weighted by Gasteiger charge is -2.12. The molecule has 0 fully saturated rings. The van der Waals surface area contributed by atoms with Gasteiger partial charge in [0.05, 0.1) is 12.7 Å². The Morgan fingerprint density at radius 2 is 1.89 bits per heavy atom. The quantitative estimate of drug-likeness (QED) is 0.862. The fourth-order valence-electron chi connectivity index (χ4n) is 1.91. The maximum Gasteiger partial charge on any atom is 0.335 e. The second kappa shape index (κ2) is 5.80. The summed E-state index contributed by atoms with van der Waals surface area (Å²) in [4.78, 5) is 12.1. The standard InChI is InChI=1S/C15H14O3S/c1-18-13-9-10(15(16)17)7-8-11(13)12-5-3-4-6-14(12)19-2/h3-9H,1-2H3,(H,16,17). The molecule has 0 amide bonds. The van der Waals surface area contributed by atoms with Crippen molar-refractivity contribution in [2.75, 3.05) is 13.4 Å². The van der Waals surface area contributed by atoms with Crippen molar-refractivity contribution in [1.82, 2.24) is 0 Å². The highest BCUT2D eigenvalue weighted by Gasteiger charge is 2.12. The van der Waals surface area contributed by atoms with Crippen LogP contribution in [0.2, 0.25) is 0 Å². The smallest absolute Gasteiger partial charge is 0.335 e. The lowest BCUT2D eigenvalue weighted by atomic mass is 10.0. The van der Waals surface area contributed by atoms with E-state index in [9.17, 15) is 4.79 Å². The minimum absolute atomic E-state index is 0.224. The molecule has 98 valence electrons. The minimum Gasteiger partial charge on any atom is -0.496 e. The summed E-state index contributed by atoms with van der Waals surface area (Å²) in [5.74, 6) is -0.385. The third-order valence-electron chi connectivity index (χ3n) is 2.85. The van der Waals surface area contributed by atoms with E-state index < -0.39 is 5.97 Å². The summed E-state index contributed by atoms with van der Waals surface area (Å²) in [7, 11) is 1.55. The van der Waals surface area contributed by atoms with Crippen LogP contribution < -0.4 is 4.74 Å². The zero-order valence-corrected chi connectivity index (χ0v) is 11.5. The molecule has 0 aromatic heterocycles. The van der Waals surface area contributed by atoms with Gasteiger partial charge in [0.25, 0.3) is 0 Å². The number of hydrogen-bond acceptors (Lipinski definition) is 3. The number of thioether (sulfide) groups is 1. The van der Waals surface area contributed by atoms with Crippen LogP contribution in [-0.2, 0) is 0 Å². The number of rotatable bonds is 4. The fourth-order valence-corrected chi connectivity index (χ4v) is 2.53. The van der Waals surface area contributed by atoms with Crippen molar-refractivity contribution in [2.24, 2.45) is 0 Å². The van der Waals surface area contributed by atoms with Gasteiger partial charge in [-0.05, 0) is 36.1 Å². The molecule has 0 radical (unpaired) electrons. The summed E-state index contributed by atoms with van der Waals surface area (Å²) in [5.41, 5.74) is 2.17. The summed E-state index contributed by atoms with van der Waals surface area (Å²) < 4.78 is 5.32. The van der Waals surface area contributed by atoms with Crippen molar-refractivity contribution >= 4 is 17.7 Å². The number of carboxylic acid groups (broad SMARTS) is 1. The predicted molar refractivity (Wildman–Crippen MR) is 77.2 cm³/mol. The number of carbonyl (C=O) groups is 1. The Labute approximate surface area is 116 Å². The lowest BCUT2D eigenvalue weighted by molar-refractivity contribution is 0.0696. The van der Waals surface area contributed by atoms with Gasteiger partial charge in [0.1, 0.15) is 5.75 Å². The van der Waals surface area contributed by atoms with E-state index in [-0.39, 0.29) is 5.56 Å². The molecule has 0 aliphatic rings. The van der Waals surface area contributed by atoms with Gasteiger partial charge in [0.15, 0.2) is 0 Å². The van der Waals surface area contributed by atoms with E-state index in [1.807, 2.05) is 30.5 Å². The van der Waals surface area contributed by atoms with Crippen molar-refractivity contribution < 1.29 is 14.6 Å². The van der Waals surface area contributed by atoms with Gasteiger partial charge >= 0.3 is 5.97 Å². The highest BCUT2D eigenvalue weighted by Crippen LogP contribution is 2.36. The van der Waals surface area contributed by atoms with Gasteiger partial charge in [0.2, 0.25) is 0 Å². The van der Waals surface area contributed by atoms with Gasteiger partial charge in [-0.3, -0.25) is 0 Å². The Morgan fingerprint density at radius 1 is 1.16 bits per heavy atom. The van der Waals surface area contributed by atoms with Crippen LogP contribution in [0.1, 0.15) is 10.4 Å². The predicted octanol–water partition coefficient (Wildman–Crippen LogP) is 3.78. The molecular formula is C15H14O3S. The van der Waals surface area contributed by atoms with Crippen molar-refractivity contribution in [1.29, 1.82) is 0 Å². The molecule has 0 aliphatic heterocycles. The zero-order valence-electron chi connectivity index (χ0n) is 10.7. The van der Waals surface area contributed by atoms with E-state index in [1.165, 1.54) is 0 Å². The Balaban J connectivity index is 2.59. The third-order valence-corrected chi connectivity index (χ3v) is 3.64. The molecule has 1 N–H and O–H groups in total. The van der Waals surface area contributed by atoms with E-state index in [0.717, 1.165) is 16.0 Å². The van der Waals surface area contributed by atoms with Crippen molar-refractivity contribution in [2.45, 2.75) is 4.90 Å². The first-order valence-corrected chi connectivity index (χ1v) is 6.94. The van der Waals surface area contributed by atoms with E-state index in [1.54, 1.807) is 37.1 Å². The Kier molecular flexibility index (Phi) is 4.12. The molecule has 0 saturated carbocycles. The maximum atomic E-state index is 11.0. The van der Waals surface area contributed by atoms with Crippen LogP contribution >= 0.6 is 11.8 Å². The normalized spacial score (nSPS) is 10.2. The molecule has 2 rings (SSSR count). The molecule has 0 saturated heterocycles. The topological polar surface area (TPSA) is 46.5 Å². The van der Waals surface area contributed by atoms with Gasteiger partial charge in [-0.25, -0.2) is 4.79 Å². The number of carboxylic acids is 1. The molecule has 0 atom stereocenters. The van der Waals surface area contributed by atoms with Crippen LogP contribution in [0.4, 0.5) is 0 Å². The van der Waals surface area contributed by atoms with E-state index in [0.29, 0.717) is 5.75 Å². The van der Waals surface area contributed by atoms with Crippen molar-refractivity contribution in [3.05, 3.63) is 48.0 Å². The molecule has 3 nitrogen and oxygen atoms in total. The van der Waals surface area contributed by atoms with Crippen molar-refractivity contribution in [3.63, 3.8) is 0 Å². The SMILES string of the molecule is COc1cc(C(=O)O)ccc1-c1ccccc1SC. The van der Waals surface area contributed by atoms with Crippen LogP contribution in [0.3, 0.4) is 0 Å². The fraction of sp³-hybridized carbons (Fsp3) is 0.133. The number of ether oxygens (including phenoxy) is 1. The Hall–Kier alpha value is -1.94. The highest BCUT2D eigenvalue weighted by atomic mass is 32.2. The second-order valence-corrected chi connectivity index (χ2v) is 4.77. The molecule has 2 aromatic carbocycles. The molecule has 0 heterocycles. The zero-order chi connectivity index (χ0) is 13.8. The van der Waals surface area contributed by atoms with Gasteiger partial charge in [-0.15, -0.1) is 11.8 Å². The van der Waals surface area contributed by atoms with Crippen LogP contribution in [0, 0.1) is 0 Å². The number of benzene rings is 2. The van der Waals surface area contributed by atoms with Crippen molar-refractivity contribution in [3.8, 4) is 16.9 Å². The van der Waals surface area contributed by atoms with Crippen LogP contribution in [-0.4, -0.2) is 24.4 Å². The molecule has 2 aromatic rings. The van der Waals surface area contributed by atoms with Gasteiger partial charge < -0.3 is 9.84 Å². The van der Waals surface area contributed by atoms with Crippen LogP contribution in [0.25, 0.3) is 11.1 Å². The maximum absolute atomic E-state index is 11.0. The summed E-state index contributed by atoms with van der Waals surface area (Å²) in [6, 6.07) is 12.9. The lowest BCUT2D eigenvalue weighted by Crippen LogP contribution is -1.98. The molecular weight excluding hydrogens is 260 g/mol. The van der Waals surface area contributed by atoms with E-state index in [4.69, 9.17) is 9.84 Å². The third kappa shape index (κ3) is 2.74. The molecule has 4 heteroatoms. The second-order valence-electron chi connectivity index (χ2n) is 3.92. The summed E-state index contributed by atoms with van der Waals surface area (Å²) in [6.07, 6.45) is 2.01. The summed E-state index contributed by atoms with van der Waals surface area (Å²) in [6.45, 7) is 0. The van der Waals surface area contributed by atoms with Gasteiger partial charge in [-0.2, -0.15) is 0 Å². The molecule has 19 heavy (non-hydrogen) atoms. The minimum atomic E-state index is -0.956. The van der Waals surface area contributed by atoms with Crippen LogP contribution in [0.15, 0.2) is 47.4 Å². The van der Waals surface area contributed by atoms with E-state index in [2.05, 4.69) is 0 Å². The largest absolute Gasteiger partial charge is 0.496 e. The number of hydrogen-bond donors (Lipinski definition) is 1. The van der Waals surface area contributed by atoms with Crippen LogP contribution in [0.5, 0.6) is 5.75 Å². The molecule has 0 aliphatic carbocycles. The summed E-state index contributed by atoms with van der Waals surface area (Å²) in [5, 5.41) is 9.01. The average molecular weight is 274 g/mol. The monoisotopic (exact) mass is 274 g/mol. The first-order valence-electron chi connectivity index (χ1n) is 5.72. The van der Waals surface area contributed by atoms with Gasteiger partial charge in [-0.1, -0.05) is 18.2 Å². The first kappa shape index (κ1) is 13.5. The summed E-state index contributed by atoms with van der Waals surface area (Å²) >= 11 is 1.65. The Morgan fingerprint density at radius 3 is 2.53 bits per heavy atom. The highest BCUT2D eigenvalue weighted by molar-refractivity contribution is 7.98. The Bertz CT molecular complexity index is 608. The number of aromatic carboxylic acids is 1. The average Bonchev–Trinajstić information content (AvgIpc) is 2.46. The molecule has 0 spiro atoms. The van der Waals surface area contributed by atoms with E-state index >= 15 is 0 Å². The molecule has 0 unspecified atom stereocenters. The molecule has 0 bridgehead atoms. The number of methoxy groups -OCH3 is 1. The van der Waals surface area contributed by atoms with Gasteiger partial charge in [0, 0.05) is 10.5 Å². The first-order chi connectivity index (χ1) is 9.17.